The number of carbonyl (C=O) groups excluding carboxylic acids is 1. The molecule has 2 amide bonds. The van der Waals surface area contributed by atoms with Crippen LogP contribution in [0, 0.1) is 0 Å². The van der Waals surface area contributed by atoms with Gasteiger partial charge in [-0.1, -0.05) is 24.3 Å². The summed E-state index contributed by atoms with van der Waals surface area (Å²) in [4.78, 5) is 10.9. The Morgan fingerprint density at radius 1 is 1.08 bits per heavy atom. The summed E-state index contributed by atoms with van der Waals surface area (Å²) >= 11 is 0. The van der Waals surface area contributed by atoms with Gasteiger partial charge in [0.1, 0.15) is 0 Å². The lowest BCUT2D eigenvalue weighted by Crippen LogP contribution is -2.36. The van der Waals surface area contributed by atoms with Crippen molar-refractivity contribution < 1.29 is 4.79 Å². The van der Waals surface area contributed by atoms with E-state index in [-0.39, 0.29) is 6.03 Å². The number of nitrogens with one attached hydrogen (secondary N) is 2. The fourth-order valence-electron chi connectivity index (χ4n) is 0.525. The van der Waals surface area contributed by atoms with E-state index in [9.17, 15) is 4.79 Å². The zero-order valence-corrected chi connectivity index (χ0v) is 7.74. The van der Waals surface area contributed by atoms with Crippen LogP contribution in [-0.2, 0) is 0 Å². The minimum absolute atomic E-state index is 0.180. The van der Waals surface area contributed by atoms with Gasteiger partial charge in [0, 0.05) is 13.1 Å². The van der Waals surface area contributed by atoms with Crippen molar-refractivity contribution in [3.8, 4) is 0 Å². The second kappa shape index (κ2) is 5.41. The van der Waals surface area contributed by atoms with Crippen molar-refractivity contribution >= 4 is 6.03 Å². The van der Waals surface area contributed by atoms with Gasteiger partial charge >= 0.3 is 6.03 Å². The van der Waals surface area contributed by atoms with Crippen molar-refractivity contribution in [2.75, 3.05) is 13.1 Å². The highest BCUT2D eigenvalue weighted by atomic mass is 16.2. The van der Waals surface area contributed by atoms with E-state index in [2.05, 4.69) is 23.8 Å². The van der Waals surface area contributed by atoms with E-state index in [1.54, 1.807) is 0 Å². The maximum absolute atomic E-state index is 10.9. The Kier molecular flexibility index (Phi) is 4.84. The van der Waals surface area contributed by atoms with Crippen LogP contribution in [0.15, 0.2) is 24.3 Å². The van der Waals surface area contributed by atoms with E-state index in [1.807, 2.05) is 13.8 Å². The van der Waals surface area contributed by atoms with Crippen LogP contribution in [0.5, 0.6) is 0 Å². The largest absolute Gasteiger partial charge is 0.334 e. The van der Waals surface area contributed by atoms with E-state index in [1.165, 1.54) is 0 Å². The number of carbonyl (C=O) groups is 1. The Hall–Kier alpha value is -1.25. The summed E-state index contributed by atoms with van der Waals surface area (Å²) in [7, 11) is 0. The Morgan fingerprint density at radius 3 is 1.67 bits per heavy atom. The van der Waals surface area contributed by atoms with Crippen molar-refractivity contribution in [3.63, 3.8) is 0 Å². The zero-order chi connectivity index (χ0) is 9.56. The second-order valence-corrected chi connectivity index (χ2v) is 2.95. The van der Waals surface area contributed by atoms with E-state index < -0.39 is 0 Å². The fraction of sp³-hybridized carbons (Fsp3) is 0.444. The third kappa shape index (κ3) is 6.86. The molecule has 0 bridgehead atoms. The molecule has 0 atom stereocenters. The van der Waals surface area contributed by atoms with Crippen LogP contribution in [-0.4, -0.2) is 19.1 Å². The smallest absolute Gasteiger partial charge is 0.315 e. The molecule has 3 nitrogen and oxygen atoms in total. The van der Waals surface area contributed by atoms with Crippen LogP contribution in [0.1, 0.15) is 13.8 Å². The summed E-state index contributed by atoms with van der Waals surface area (Å²) in [6.45, 7) is 12.1. The minimum atomic E-state index is -0.180. The molecular formula is C9H16N2O. The van der Waals surface area contributed by atoms with Gasteiger partial charge in [-0.3, -0.25) is 0 Å². The van der Waals surface area contributed by atoms with Crippen LogP contribution < -0.4 is 10.6 Å². The molecule has 0 aliphatic heterocycles. The molecule has 0 saturated heterocycles. The summed E-state index contributed by atoms with van der Waals surface area (Å²) in [5.74, 6) is 0. The van der Waals surface area contributed by atoms with Crippen LogP contribution in [0.25, 0.3) is 0 Å². The van der Waals surface area contributed by atoms with Gasteiger partial charge in [0.15, 0.2) is 0 Å². The van der Waals surface area contributed by atoms with E-state index in [0.717, 1.165) is 11.1 Å². The zero-order valence-electron chi connectivity index (χ0n) is 7.74. The highest BCUT2D eigenvalue weighted by Crippen LogP contribution is 1.83. The van der Waals surface area contributed by atoms with Crippen LogP contribution in [0.4, 0.5) is 4.79 Å². The second-order valence-electron chi connectivity index (χ2n) is 2.95. The maximum Gasteiger partial charge on any atom is 0.315 e. The molecule has 0 fully saturated rings. The lowest BCUT2D eigenvalue weighted by Gasteiger charge is -2.06. The lowest BCUT2D eigenvalue weighted by atomic mass is 10.3. The molecular weight excluding hydrogens is 152 g/mol. The van der Waals surface area contributed by atoms with Crippen molar-refractivity contribution in [2.24, 2.45) is 0 Å². The lowest BCUT2D eigenvalue weighted by molar-refractivity contribution is 0.242. The van der Waals surface area contributed by atoms with E-state index >= 15 is 0 Å². The molecule has 0 unspecified atom stereocenters. The first-order valence-electron chi connectivity index (χ1n) is 3.83. The van der Waals surface area contributed by atoms with Gasteiger partial charge in [-0.25, -0.2) is 4.79 Å². The molecule has 0 aromatic heterocycles. The van der Waals surface area contributed by atoms with E-state index in [4.69, 9.17) is 0 Å². The van der Waals surface area contributed by atoms with Crippen LogP contribution in [0.2, 0.25) is 0 Å². The van der Waals surface area contributed by atoms with Gasteiger partial charge in [-0.2, -0.15) is 0 Å². The van der Waals surface area contributed by atoms with Gasteiger partial charge in [0.05, 0.1) is 0 Å². The first-order chi connectivity index (χ1) is 5.52. The average Bonchev–Trinajstić information content (AvgIpc) is 1.96. The van der Waals surface area contributed by atoms with Gasteiger partial charge < -0.3 is 10.6 Å². The number of rotatable bonds is 4. The fourth-order valence-corrected chi connectivity index (χ4v) is 0.525. The summed E-state index contributed by atoms with van der Waals surface area (Å²) < 4.78 is 0. The number of hydrogen-bond donors (Lipinski definition) is 2. The Bertz CT molecular complexity index is 177. The monoisotopic (exact) mass is 168 g/mol. The SMILES string of the molecule is C=C(C)CNC(=O)NCC(=C)C. The topological polar surface area (TPSA) is 41.1 Å². The molecule has 0 radical (unpaired) electrons. The molecule has 0 aliphatic carbocycles. The molecule has 2 N–H and O–H groups in total. The van der Waals surface area contributed by atoms with Gasteiger partial charge in [-0.15, -0.1) is 0 Å². The number of hydrogen-bond acceptors (Lipinski definition) is 1. The summed E-state index contributed by atoms with van der Waals surface area (Å²) in [6.07, 6.45) is 0. The predicted octanol–water partition coefficient (Wildman–Crippen LogP) is 1.44. The third-order valence-electron chi connectivity index (χ3n) is 1.10. The molecule has 0 spiro atoms. The number of amides is 2. The Morgan fingerprint density at radius 2 is 1.42 bits per heavy atom. The molecule has 0 aliphatic rings. The molecule has 0 rings (SSSR count). The molecule has 12 heavy (non-hydrogen) atoms. The predicted molar refractivity (Wildman–Crippen MR) is 51.0 cm³/mol. The van der Waals surface area contributed by atoms with Crippen LogP contribution >= 0.6 is 0 Å². The third-order valence-corrected chi connectivity index (χ3v) is 1.10. The highest BCUT2D eigenvalue weighted by Gasteiger charge is 1.96. The van der Waals surface area contributed by atoms with Gasteiger partial charge in [0.25, 0.3) is 0 Å². The molecule has 0 aromatic carbocycles. The van der Waals surface area contributed by atoms with Crippen molar-refractivity contribution in [3.05, 3.63) is 24.3 Å². The highest BCUT2D eigenvalue weighted by molar-refractivity contribution is 5.74. The molecule has 0 aromatic rings. The van der Waals surface area contributed by atoms with Crippen molar-refractivity contribution in [1.82, 2.24) is 10.6 Å². The van der Waals surface area contributed by atoms with Gasteiger partial charge in [-0.05, 0) is 13.8 Å². The summed E-state index contributed by atoms with van der Waals surface area (Å²) in [5.41, 5.74) is 1.86. The van der Waals surface area contributed by atoms with E-state index in [0.29, 0.717) is 13.1 Å². The molecule has 0 saturated carbocycles. The Balaban J connectivity index is 3.47. The quantitative estimate of drug-likeness (QED) is 0.613. The standard InChI is InChI=1S/C9H16N2O/c1-7(2)5-10-9(12)11-6-8(3)4/h1,3,5-6H2,2,4H3,(H2,10,11,12). The first kappa shape index (κ1) is 10.8. The van der Waals surface area contributed by atoms with Crippen molar-refractivity contribution in [1.29, 1.82) is 0 Å². The summed E-state index contributed by atoms with van der Waals surface area (Å²) in [5, 5.41) is 5.29. The minimum Gasteiger partial charge on any atom is -0.334 e. The normalized spacial score (nSPS) is 8.83. The average molecular weight is 168 g/mol. The van der Waals surface area contributed by atoms with Crippen molar-refractivity contribution in [2.45, 2.75) is 13.8 Å². The molecule has 0 heterocycles. The van der Waals surface area contributed by atoms with Crippen LogP contribution in [0.3, 0.4) is 0 Å². The summed E-state index contributed by atoms with van der Waals surface area (Å²) in [6, 6.07) is -0.180. The van der Waals surface area contributed by atoms with Gasteiger partial charge in [0.2, 0.25) is 0 Å². The number of urea groups is 1. The first-order valence-corrected chi connectivity index (χ1v) is 3.83. The maximum atomic E-state index is 10.9. The molecule has 68 valence electrons. The molecule has 3 heteroatoms. The Labute approximate surface area is 73.5 Å².